The Morgan fingerprint density at radius 3 is 2.94 bits per heavy atom. The van der Waals surface area contributed by atoms with Crippen LogP contribution in [0.1, 0.15) is 5.56 Å². The zero-order chi connectivity index (χ0) is 12.1. The van der Waals surface area contributed by atoms with Gasteiger partial charge in [-0.3, -0.25) is 9.67 Å². The Labute approximate surface area is 98.1 Å². The minimum Gasteiger partial charge on any atom is -0.303 e. The summed E-state index contributed by atoms with van der Waals surface area (Å²) in [7, 11) is 0. The van der Waals surface area contributed by atoms with E-state index in [1.54, 1.807) is 18.5 Å². The van der Waals surface area contributed by atoms with Gasteiger partial charge in [0, 0.05) is 24.4 Å². The first kappa shape index (κ1) is 11.4. The van der Waals surface area contributed by atoms with Gasteiger partial charge < -0.3 is 4.79 Å². The average molecular weight is 233 g/mol. The lowest BCUT2D eigenvalue weighted by atomic mass is 10.1. The molecule has 0 fully saturated rings. The molecule has 2 aromatic heterocycles. The van der Waals surface area contributed by atoms with Crippen LogP contribution in [0, 0.1) is 0 Å². The van der Waals surface area contributed by atoms with Gasteiger partial charge >= 0.3 is 0 Å². The topological polar surface area (TPSA) is 47.8 Å². The smallest absolute Gasteiger partial charge is 0.124 e. The molecule has 0 unspecified atom stereocenters. The highest BCUT2D eigenvalue weighted by molar-refractivity contribution is 5.65. The van der Waals surface area contributed by atoms with Crippen LogP contribution in [0.3, 0.4) is 0 Å². The third-order valence-corrected chi connectivity index (χ3v) is 2.36. The largest absolute Gasteiger partial charge is 0.303 e. The first-order chi connectivity index (χ1) is 8.35. The Kier molecular flexibility index (Phi) is 3.59. The molecule has 2 rings (SSSR count). The number of carbonyl (C=O) groups excluding carboxylic acids is 1. The van der Waals surface area contributed by atoms with E-state index in [1.807, 2.05) is 12.1 Å². The van der Waals surface area contributed by atoms with Gasteiger partial charge in [0.1, 0.15) is 18.7 Å². The maximum absolute atomic E-state index is 12.3. The van der Waals surface area contributed by atoms with Gasteiger partial charge in [0.25, 0.3) is 0 Å². The van der Waals surface area contributed by atoms with Crippen molar-refractivity contribution in [2.75, 3.05) is 6.67 Å². The quantitative estimate of drug-likeness (QED) is 0.738. The zero-order valence-corrected chi connectivity index (χ0v) is 9.21. The van der Waals surface area contributed by atoms with Gasteiger partial charge in [-0.1, -0.05) is 6.07 Å². The maximum atomic E-state index is 12.3. The van der Waals surface area contributed by atoms with Gasteiger partial charge in [-0.15, -0.1) is 0 Å². The molecule has 0 N–H and O–H groups in total. The lowest BCUT2D eigenvalue weighted by Gasteiger charge is -1.97. The fourth-order valence-corrected chi connectivity index (χ4v) is 1.62. The summed E-state index contributed by atoms with van der Waals surface area (Å²) in [6.45, 7) is -0.289. The Balaban J connectivity index is 2.40. The summed E-state index contributed by atoms with van der Waals surface area (Å²) in [6.07, 6.45) is 4.42. The fourth-order valence-electron chi connectivity index (χ4n) is 1.62. The molecule has 0 spiro atoms. The summed E-state index contributed by atoms with van der Waals surface area (Å²) < 4.78 is 13.8. The number of aryl methyl sites for hydroxylation is 1. The van der Waals surface area contributed by atoms with Crippen molar-refractivity contribution in [3.8, 4) is 11.4 Å². The highest BCUT2D eigenvalue weighted by Gasteiger charge is 2.11. The molecule has 0 atom stereocenters. The predicted molar refractivity (Wildman–Crippen MR) is 61.2 cm³/mol. The summed E-state index contributed by atoms with van der Waals surface area (Å²) in [6, 6.07) is 5.47. The number of aromatic nitrogens is 3. The second-order valence-corrected chi connectivity index (χ2v) is 3.54. The third-order valence-electron chi connectivity index (χ3n) is 2.36. The first-order valence-electron chi connectivity index (χ1n) is 5.32. The van der Waals surface area contributed by atoms with Crippen LogP contribution >= 0.6 is 0 Å². The van der Waals surface area contributed by atoms with Gasteiger partial charge in [0.2, 0.25) is 0 Å². The number of alkyl halides is 1. The molecule has 0 bridgehead atoms. The molecule has 0 amide bonds. The first-order valence-corrected chi connectivity index (χ1v) is 5.32. The third kappa shape index (κ3) is 2.55. The van der Waals surface area contributed by atoms with E-state index in [0.29, 0.717) is 11.4 Å². The minimum absolute atomic E-state index is 0.193. The van der Waals surface area contributed by atoms with Crippen molar-refractivity contribution in [3.05, 3.63) is 36.2 Å². The van der Waals surface area contributed by atoms with Crippen molar-refractivity contribution in [1.29, 1.82) is 0 Å². The van der Waals surface area contributed by atoms with E-state index in [9.17, 15) is 9.18 Å². The normalized spacial score (nSPS) is 10.4. The predicted octanol–water partition coefficient (Wildman–Crippen LogP) is 1.66. The molecule has 2 aromatic rings. The SMILES string of the molecule is O=CCc1cn(CCF)nc1-c1ccccn1. The van der Waals surface area contributed by atoms with Crippen LogP contribution < -0.4 is 0 Å². The van der Waals surface area contributed by atoms with Crippen molar-refractivity contribution < 1.29 is 9.18 Å². The lowest BCUT2D eigenvalue weighted by Crippen LogP contribution is -1.99. The van der Waals surface area contributed by atoms with E-state index in [0.717, 1.165) is 11.8 Å². The number of hydrogen-bond acceptors (Lipinski definition) is 3. The molecule has 0 saturated heterocycles. The van der Waals surface area contributed by atoms with Crippen LogP contribution in [0.25, 0.3) is 11.4 Å². The van der Waals surface area contributed by atoms with Crippen LogP contribution in [-0.4, -0.2) is 27.7 Å². The van der Waals surface area contributed by atoms with Crippen molar-refractivity contribution >= 4 is 6.29 Å². The molecular weight excluding hydrogens is 221 g/mol. The highest BCUT2D eigenvalue weighted by Crippen LogP contribution is 2.19. The van der Waals surface area contributed by atoms with Crippen LogP contribution in [0.2, 0.25) is 0 Å². The molecule has 0 aliphatic rings. The summed E-state index contributed by atoms with van der Waals surface area (Å²) in [5, 5.41) is 4.24. The van der Waals surface area contributed by atoms with Crippen LogP contribution in [0.15, 0.2) is 30.6 Å². The molecule has 2 heterocycles. The van der Waals surface area contributed by atoms with Gasteiger partial charge in [-0.2, -0.15) is 5.10 Å². The lowest BCUT2D eigenvalue weighted by molar-refractivity contribution is -0.107. The maximum Gasteiger partial charge on any atom is 0.124 e. The average Bonchev–Trinajstić information content (AvgIpc) is 2.74. The number of nitrogens with zero attached hydrogens (tertiary/aromatic N) is 3. The minimum atomic E-state index is -0.482. The Hall–Kier alpha value is -2.04. The van der Waals surface area contributed by atoms with Crippen LogP contribution in [0.4, 0.5) is 4.39 Å². The molecule has 0 saturated carbocycles. The van der Waals surface area contributed by atoms with E-state index in [1.165, 1.54) is 4.68 Å². The highest BCUT2D eigenvalue weighted by atomic mass is 19.1. The molecule has 0 aliphatic carbocycles. The zero-order valence-electron chi connectivity index (χ0n) is 9.21. The summed E-state index contributed by atoms with van der Waals surface area (Å²) >= 11 is 0. The molecular formula is C12H12FN3O. The molecule has 17 heavy (non-hydrogen) atoms. The van der Waals surface area contributed by atoms with E-state index in [-0.39, 0.29) is 13.0 Å². The van der Waals surface area contributed by atoms with Gasteiger partial charge in [0.15, 0.2) is 0 Å². The molecule has 0 aliphatic heterocycles. The van der Waals surface area contributed by atoms with Crippen LogP contribution in [-0.2, 0) is 17.8 Å². The van der Waals surface area contributed by atoms with Gasteiger partial charge in [-0.25, -0.2) is 4.39 Å². The molecule has 4 nitrogen and oxygen atoms in total. The fraction of sp³-hybridized carbons (Fsp3) is 0.250. The Bertz CT molecular complexity index is 496. The van der Waals surface area contributed by atoms with E-state index >= 15 is 0 Å². The number of aldehydes is 1. The molecule has 0 radical (unpaired) electrons. The van der Waals surface area contributed by atoms with E-state index in [2.05, 4.69) is 10.1 Å². The Morgan fingerprint density at radius 1 is 1.41 bits per heavy atom. The van der Waals surface area contributed by atoms with E-state index < -0.39 is 6.67 Å². The monoisotopic (exact) mass is 233 g/mol. The number of hydrogen-bond donors (Lipinski definition) is 0. The second-order valence-electron chi connectivity index (χ2n) is 3.54. The van der Waals surface area contributed by atoms with Crippen molar-refractivity contribution in [2.45, 2.75) is 13.0 Å². The summed E-state index contributed by atoms with van der Waals surface area (Å²) in [5.41, 5.74) is 2.11. The van der Waals surface area contributed by atoms with Crippen molar-refractivity contribution in [2.24, 2.45) is 0 Å². The summed E-state index contributed by atoms with van der Waals surface area (Å²) in [5.74, 6) is 0. The molecule has 0 aromatic carbocycles. The van der Waals surface area contributed by atoms with Gasteiger partial charge in [0.05, 0.1) is 12.2 Å². The van der Waals surface area contributed by atoms with Crippen molar-refractivity contribution in [1.82, 2.24) is 14.8 Å². The number of pyridine rings is 1. The van der Waals surface area contributed by atoms with Gasteiger partial charge in [-0.05, 0) is 12.1 Å². The number of rotatable bonds is 5. The van der Waals surface area contributed by atoms with Crippen molar-refractivity contribution in [3.63, 3.8) is 0 Å². The molecule has 88 valence electrons. The second kappa shape index (κ2) is 5.34. The standard InChI is InChI=1S/C12H12FN3O/c13-5-7-16-9-10(4-8-17)12(15-16)11-3-1-2-6-14-11/h1-3,6,8-9H,4-5,7H2. The van der Waals surface area contributed by atoms with E-state index in [4.69, 9.17) is 0 Å². The number of carbonyl (C=O) groups is 1. The molecule has 5 heteroatoms. The van der Waals surface area contributed by atoms with Crippen LogP contribution in [0.5, 0.6) is 0 Å². The Morgan fingerprint density at radius 2 is 2.29 bits per heavy atom. The number of halogens is 1. The summed E-state index contributed by atoms with van der Waals surface area (Å²) in [4.78, 5) is 14.8.